The molecule has 1 atom stereocenters. The first-order valence-electron chi connectivity index (χ1n) is 4.45. The Morgan fingerprint density at radius 3 is 3.23 bits per heavy atom. The van der Waals surface area contributed by atoms with Crippen LogP contribution >= 0.6 is 0 Å². The van der Waals surface area contributed by atoms with Crippen molar-refractivity contribution in [1.29, 1.82) is 0 Å². The van der Waals surface area contributed by atoms with Crippen molar-refractivity contribution >= 4 is 5.91 Å². The number of hydrogen-bond donors (Lipinski definition) is 1. The smallest absolute Gasteiger partial charge is 0.220 e. The van der Waals surface area contributed by atoms with Gasteiger partial charge in [0.2, 0.25) is 5.91 Å². The second-order valence-electron chi connectivity index (χ2n) is 3.14. The number of hydrogen-bond acceptors (Lipinski definition) is 3. The maximum Gasteiger partial charge on any atom is 0.220 e. The number of aromatic nitrogens is 3. The minimum absolute atomic E-state index is 0.107. The third-order valence-electron chi connectivity index (χ3n) is 2.29. The van der Waals surface area contributed by atoms with Crippen LogP contribution in [0.4, 0.5) is 0 Å². The maximum atomic E-state index is 11.0. The molecule has 2 rings (SSSR count). The van der Waals surface area contributed by atoms with Gasteiger partial charge in [0.05, 0.1) is 0 Å². The van der Waals surface area contributed by atoms with Gasteiger partial charge in [-0.1, -0.05) is 0 Å². The lowest BCUT2D eigenvalue weighted by Gasteiger charge is -2.06. The highest BCUT2D eigenvalue weighted by Crippen LogP contribution is 2.20. The van der Waals surface area contributed by atoms with Crippen molar-refractivity contribution in [2.75, 3.05) is 6.54 Å². The Hall–Kier alpha value is -1.39. The number of aryl methyl sites for hydroxylation is 1. The standard InChI is InChI=1S/C8H12N4O/c1-2-12-8(10-5-11-12)6-3-7(13)9-4-6/h5-6H,2-4H2,1H3,(H,9,13). The molecule has 70 valence electrons. The van der Waals surface area contributed by atoms with E-state index in [1.807, 2.05) is 11.6 Å². The largest absolute Gasteiger partial charge is 0.355 e. The van der Waals surface area contributed by atoms with Gasteiger partial charge in [-0.15, -0.1) is 0 Å². The number of carbonyl (C=O) groups is 1. The van der Waals surface area contributed by atoms with Crippen molar-refractivity contribution < 1.29 is 4.79 Å². The van der Waals surface area contributed by atoms with Crippen LogP contribution in [-0.2, 0) is 11.3 Å². The number of rotatable bonds is 2. The van der Waals surface area contributed by atoms with Crippen molar-refractivity contribution in [2.24, 2.45) is 0 Å². The maximum absolute atomic E-state index is 11.0. The molecule has 0 aromatic carbocycles. The molecule has 5 nitrogen and oxygen atoms in total. The van der Waals surface area contributed by atoms with Gasteiger partial charge < -0.3 is 5.32 Å². The summed E-state index contributed by atoms with van der Waals surface area (Å²) in [6, 6.07) is 0. The van der Waals surface area contributed by atoms with Gasteiger partial charge in [0, 0.05) is 25.4 Å². The summed E-state index contributed by atoms with van der Waals surface area (Å²) in [5.41, 5.74) is 0. The molecule has 1 fully saturated rings. The molecule has 1 aliphatic rings. The predicted octanol–water partition coefficient (Wildman–Crippen LogP) is -0.0985. The van der Waals surface area contributed by atoms with E-state index in [2.05, 4.69) is 15.4 Å². The molecule has 2 heterocycles. The summed E-state index contributed by atoms with van der Waals surface area (Å²) < 4.78 is 1.84. The molecule has 0 radical (unpaired) electrons. The normalized spacial score (nSPS) is 21.9. The Bertz CT molecular complexity index is 320. The van der Waals surface area contributed by atoms with Crippen LogP contribution in [0.25, 0.3) is 0 Å². The summed E-state index contributed by atoms with van der Waals surface area (Å²) in [5, 5.41) is 6.86. The van der Waals surface area contributed by atoms with Crippen molar-refractivity contribution in [2.45, 2.75) is 25.8 Å². The van der Waals surface area contributed by atoms with E-state index in [0.717, 1.165) is 12.4 Å². The number of amides is 1. The van der Waals surface area contributed by atoms with Crippen LogP contribution in [0.1, 0.15) is 25.1 Å². The summed E-state index contributed by atoms with van der Waals surface area (Å²) in [4.78, 5) is 15.1. The van der Waals surface area contributed by atoms with E-state index in [1.165, 1.54) is 0 Å². The van der Waals surface area contributed by atoms with Gasteiger partial charge >= 0.3 is 0 Å². The third kappa shape index (κ3) is 1.41. The fourth-order valence-corrected chi connectivity index (χ4v) is 1.62. The number of nitrogens with zero attached hydrogens (tertiary/aromatic N) is 3. The number of carbonyl (C=O) groups excluding carboxylic acids is 1. The molecular formula is C8H12N4O. The van der Waals surface area contributed by atoms with E-state index in [-0.39, 0.29) is 11.8 Å². The van der Waals surface area contributed by atoms with Crippen molar-refractivity contribution in [3.8, 4) is 0 Å². The fraction of sp³-hybridized carbons (Fsp3) is 0.625. The lowest BCUT2D eigenvalue weighted by atomic mass is 10.1. The molecule has 0 spiro atoms. The van der Waals surface area contributed by atoms with Gasteiger partial charge in [0.1, 0.15) is 12.2 Å². The average Bonchev–Trinajstić information content (AvgIpc) is 2.71. The summed E-state index contributed by atoms with van der Waals surface area (Å²) in [5.74, 6) is 1.23. The summed E-state index contributed by atoms with van der Waals surface area (Å²) in [6.45, 7) is 3.51. The quantitative estimate of drug-likeness (QED) is 0.691. The summed E-state index contributed by atoms with van der Waals surface area (Å²) in [7, 11) is 0. The van der Waals surface area contributed by atoms with E-state index in [4.69, 9.17) is 0 Å². The summed E-state index contributed by atoms with van der Waals surface area (Å²) >= 11 is 0. The molecule has 0 bridgehead atoms. The second-order valence-corrected chi connectivity index (χ2v) is 3.14. The van der Waals surface area contributed by atoms with E-state index in [1.54, 1.807) is 6.33 Å². The van der Waals surface area contributed by atoms with Gasteiger partial charge in [-0.2, -0.15) is 5.10 Å². The van der Waals surface area contributed by atoms with Gasteiger partial charge in [-0.25, -0.2) is 4.98 Å². The van der Waals surface area contributed by atoms with Gasteiger partial charge in [0.25, 0.3) is 0 Å². The molecule has 1 amide bonds. The Balaban J connectivity index is 2.20. The van der Waals surface area contributed by atoms with Crippen molar-refractivity contribution in [3.63, 3.8) is 0 Å². The van der Waals surface area contributed by atoms with Crippen LogP contribution in [0, 0.1) is 0 Å². The minimum atomic E-state index is 0.107. The average molecular weight is 180 g/mol. The topological polar surface area (TPSA) is 59.8 Å². The highest BCUT2D eigenvalue weighted by Gasteiger charge is 2.26. The van der Waals surface area contributed by atoms with E-state index in [9.17, 15) is 4.79 Å². The van der Waals surface area contributed by atoms with Crippen LogP contribution in [0.5, 0.6) is 0 Å². The SMILES string of the molecule is CCn1ncnc1C1CNC(=O)C1. The number of nitrogens with one attached hydrogen (secondary N) is 1. The van der Waals surface area contributed by atoms with E-state index in [0.29, 0.717) is 13.0 Å². The van der Waals surface area contributed by atoms with Crippen LogP contribution < -0.4 is 5.32 Å². The first-order valence-corrected chi connectivity index (χ1v) is 4.45. The van der Waals surface area contributed by atoms with E-state index < -0.39 is 0 Å². The molecule has 1 saturated heterocycles. The van der Waals surface area contributed by atoms with Crippen LogP contribution in [-0.4, -0.2) is 27.2 Å². The first-order chi connectivity index (χ1) is 6.31. The zero-order valence-corrected chi connectivity index (χ0v) is 7.53. The Labute approximate surface area is 76.2 Å². The van der Waals surface area contributed by atoms with Crippen LogP contribution in [0.2, 0.25) is 0 Å². The minimum Gasteiger partial charge on any atom is -0.355 e. The zero-order chi connectivity index (χ0) is 9.26. The zero-order valence-electron chi connectivity index (χ0n) is 7.53. The lowest BCUT2D eigenvalue weighted by molar-refractivity contribution is -0.119. The molecule has 1 aromatic heterocycles. The Morgan fingerprint density at radius 2 is 2.62 bits per heavy atom. The highest BCUT2D eigenvalue weighted by molar-refractivity contribution is 5.79. The van der Waals surface area contributed by atoms with Crippen LogP contribution in [0.3, 0.4) is 0 Å². The first kappa shape index (κ1) is 8.22. The predicted molar refractivity (Wildman–Crippen MR) is 46.1 cm³/mol. The Kier molecular flexibility index (Phi) is 2.00. The van der Waals surface area contributed by atoms with E-state index >= 15 is 0 Å². The highest BCUT2D eigenvalue weighted by atomic mass is 16.1. The molecule has 13 heavy (non-hydrogen) atoms. The Morgan fingerprint density at radius 1 is 1.77 bits per heavy atom. The third-order valence-corrected chi connectivity index (χ3v) is 2.29. The molecule has 1 aromatic rings. The fourth-order valence-electron chi connectivity index (χ4n) is 1.62. The lowest BCUT2D eigenvalue weighted by Crippen LogP contribution is -2.15. The second kappa shape index (κ2) is 3.16. The van der Waals surface area contributed by atoms with Gasteiger partial charge in [0.15, 0.2) is 0 Å². The molecule has 5 heteroatoms. The molecule has 0 saturated carbocycles. The molecular weight excluding hydrogens is 168 g/mol. The molecule has 1 unspecified atom stereocenters. The van der Waals surface area contributed by atoms with Gasteiger partial charge in [-0.05, 0) is 6.92 Å². The molecule has 0 aliphatic carbocycles. The molecule has 1 N–H and O–H groups in total. The van der Waals surface area contributed by atoms with Crippen molar-refractivity contribution in [1.82, 2.24) is 20.1 Å². The summed E-state index contributed by atoms with van der Waals surface area (Å²) in [6.07, 6.45) is 2.08. The van der Waals surface area contributed by atoms with Crippen molar-refractivity contribution in [3.05, 3.63) is 12.2 Å². The monoisotopic (exact) mass is 180 g/mol. The molecule has 1 aliphatic heterocycles. The van der Waals surface area contributed by atoms with Crippen LogP contribution in [0.15, 0.2) is 6.33 Å². The van der Waals surface area contributed by atoms with Gasteiger partial charge in [-0.3, -0.25) is 9.48 Å².